The largest absolute Gasteiger partial charge is 0.341 e. The van der Waals surface area contributed by atoms with Crippen LogP contribution in [-0.4, -0.2) is 52.8 Å². The first-order chi connectivity index (χ1) is 12.1. The summed E-state index contributed by atoms with van der Waals surface area (Å²) in [5, 5.41) is 0.610. The van der Waals surface area contributed by atoms with Crippen LogP contribution in [0.1, 0.15) is 22.3 Å². The number of hydrogen-bond donors (Lipinski definition) is 0. The van der Waals surface area contributed by atoms with E-state index in [2.05, 4.69) is 4.98 Å². The van der Waals surface area contributed by atoms with Crippen LogP contribution < -0.4 is 0 Å². The molecule has 1 aromatic carbocycles. The zero-order chi connectivity index (χ0) is 17.6. The molecule has 3 rings (SSSR count). The van der Waals surface area contributed by atoms with Crippen LogP contribution in [0.3, 0.4) is 0 Å². The van der Waals surface area contributed by atoms with Crippen LogP contribution >= 0.6 is 11.6 Å². The first-order valence-corrected chi connectivity index (χ1v) is 8.73. The van der Waals surface area contributed by atoms with Crippen molar-refractivity contribution in [2.24, 2.45) is 0 Å². The Labute approximate surface area is 152 Å². The van der Waals surface area contributed by atoms with E-state index in [9.17, 15) is 9.59 Å². The fourth-order valence-electron chi connectivity index (χ4n) is 2.96. The molecule has 0 radical (unpaired) electrons. The standard InChI is InChI=1S/C19H20ClN3O2/c20-17-7-2-1-5-15(17)13-18(24)22-9-4-10-23(12-11-22)19(25)16-6-3-8-21-14-16/h1-3,5-8,14H,4,9-13H2. The highest BCUT2D eigenvalue weighted by Gasteiger charge is 2.23. The number of pyridine rings is 1. The van der Waals surface area contributed by atoms with Crippen molar-refractivity contribution in [3.05, 3.63) is 64.9 Å². The number of carbonyl (C=O) groups is 2. The van der Waals surface area contributed by atoms with E-state index >= 15 is 0 Å². The number of aromatic nitrogens is 1. The Kier molecular flexibility index (Phi) is 5.66. The molecule has 0 saturated carbocycles. The van der Waals surface area contributed by atoms with Gasteiger partial charge in [0.05, 0.1) is 12.0 Å². The van der Waals surface area contributed by atoms with Crippen LogP contribution in [0.15, 0.2) is 48.8 Å². The van der Waals surface area contributed by atoms with Crippen LogP contribution in [0.2, 0.25) is 5.02 Å². The van der Waals surface area contributed by atoms with Gasteiger partial charge >= 0.3 is 0 Å². The second-order valence-corrected chi connectivity index (χ2v) is 6.44. The summed E-state index contributed by atoms with van der Waals surface area (Å²) < 4.78 is 0. The minimum atomic E-state index is -0.0338. The van der Waals surface area contributed by atoms with Gasteiger partial charge in [-0.15, -0.1) is 0 Å². The highest BCUT2D eigenvalue weighted by atomic mass is 35.5. The number of carbonyl (C=O) groups excluding carboxylic acids is 2. The SMILES string of the molecule is O=C(Cc1ccccc1Cl)N1CCCN(C(=O)c2cccnc2)CC1. The Morgan fingerprint density at radius 1 is 1.00 bits per heavy atom. The monoisotopic (exact) mass is 357 g/mol. The van der Waals surface area contributed by atoms with Crippen molar-refractivity contribution in [3.8, 4) is 0 Å². The third kappa shape index (κ3) is 4.37. The van der Waals surface area contributed by atoms with E-state index in [1.807, 2.05) is 23.1 Å². The molecule has 0 aliphatic carbocycles. The summed E-state index contributed by atoms with van der Waals surface area (Å²) in [6.07, 6.45) is 4.28. The number of amides is 2. The van der Waals surface area contributed by atoms with Gasteiger partial charge < -0.3 is 9.80 Å². The first kappa shape index (κ1) is 17.4. The molecule has 1 saturated heterocycles. The Bertz CT molecular complexity index is 751. The second-order valence-electron chi connectivity index (χ2n) is 6.04. The van der Waals surface area contributed by atoms with E-state index in [1.165, 1.54) is 0 Å². The van der Waals surface area contributed by atoms with Crippen LogP contribution in [0, 0.1) is 0 Å². The molecule has 2 aromatic rings. The zero-order valence-corrected chi connectivity index (χ0v) is 14.7. The van der Waals surface area contributed by atoms with E-state index in [0.29, 0.717) is 36.8 Å². The molecule has 0 unspecified atom stereocenters. The fourth-order valence-corrected chi connectivity index (χ4v) is 3.16. The van der Waals surface area contributed by atoms with Gasteiger partial charge in [-0.3, -0.25) is 14.6 Å². The maximum Gasteiger partial charge on any atom is 0.255 e. The van der Waals surface area contributed by atoms with Gasteiger partial charge in [0.15, 0.2) is 0 Å². The van der Waals surface area contributed by atoms with Crippen LogP contribution in [-0.2, 0) is 11.2 Å². The lowest BCUT2D eigenvalue weighted by Gasteiger charge is -2.22. The van der Waals surface area contributed by atoms with Crippen molar-refractivity contribution in [2.75, 3.05) is 26.2 Å². The van der Waals surface area contributed by atoms with Crippen LogP contribution in [0.5, 0.6) is 0 Å². The average Bonchev–Trinajstić information content (AvgIpc) is 2.90. The molecule has 0 N–H and O–H groups in total. The molecule has 5 nitrogen and oxygen atoms in total. The molecule has 1 aliphatic rings. The lowest BCUT2D eigenvalue weighted by molar-refractivity contribution is -0.130. The summed E-state index contributed by atoms with van der Waals surface area (Å²) in [7, 11) is 0. The summed E-state index contributed by atoms with van der Waals surface area (Å²) in [5.41, 5.74) is 1.42. The Balaban J connectivity index is 1.60. The summed E-state index contributed by atoms with van der Waals surface area (Å²) in [5.74, 6) is 0.0114. The Hall–Kier alpha value is -2.40. The molecule has 2 heterocycles. The molecule has 6 heteroatoms. The molecular weight excluding hydrogens is 338 g/mol. The number of nitrogens with zero attached hydrogens (tertiary/aromatic N) is 3. The Morgan fingerprint density at radius 3 is 2.52 bits per heavy atom. The van der Waals surface area contributed by atoms with Crippen molar-refractivity contribution in [1.82, 2.24) is 14.8 Å². The smallest absolute Gasteiger partial charge is 0.255 e. The van der Waals surface area contributed by atoms with Crippen molar-refractivity contribution in [1.29, 1.82) is 0 Å². The van der Waals surface area contributed by atoms with Crippen LogP contribution in [0.4, 0.5) is 0 Å². The maximum absolute atomic E-state index is 12.6. The molecule has 130 valence electrons. The molecule has 2 amide bonds. The summed E-state index contributed by atoms with van der Waals surface area (Å²) in [6, 6.07) is 10.9. The van der Waals surface area contributed by atoms with Crippen molar-refractivity contribution in [3.63, 3.8) is 0 Å². The van der Waals surface area contributed by atoms with Gasteiger partial charge in [0, 0.05) is 43.6 Å². The normalized spacial score (nSPS) is 14.9. The predicted molar refractivity (Wildman–Crippen MR) is 96.5 cm³/mol. The first-order valence-electron chi connectivity index (χ1n) is 8.35. The predicted octanol–water partition coefficient (Wildman–Crippen LogP) is 2.65. The van der Waals surface area contributed by atoms with Gasteiger partial charge in [-0.1, -0.05) is 29.8 Å². The van der Waals surface area contributed by atoms with E-state index in [0.717, 1.165) is 12.0 Å². The van der Waals surface area contributed by atoms with Gasteiger partial charge in [-0.25, -0.2) is 0 Å². The quantitative estimate of drug-likeness (QED) is 0.848. The third-order valence-corrected chi connectivity index (χ3v) is 4.71. The zero-order valence-electron chi connectivity index (χ0n) is 13.9. The third-order valence-electron chi connectivity index (χ3n) is 4.34. The van der Waals surface area contributed by atoms with Gasteiger partial charge in [-0.2, -0.15) is 0 Å². The van der Waals surface area contributed by atoms with Crippen LogP contribution in [0.25, 0.3) is 0 Å². The lowest BCUT2D eigenvalue weighted by atomic mass is 10.1. The van der Waals surface area contributed by atoms with E-state index < -0.39 is 0 Å². The molecule has 0 spiro atoms. The minimum absolute atomic E-state index is 0.0338. The highest BCUT2D eigenvalue weighted by molar-refractivity contribution is 6.31. The van der Waals surface area contributed by atoms with Crippen molar-refractivity contribution in [2.45, 2.75) is 12.8 Å². The summed E-state index contributed by atoms with van der Waals surface area (Å²) in [4.78, 5) is 32.7. The lowest BCUT2D eigenvalue weighted by Crippen LogP contribution is -2.38. The molecule has 1 aliphatic heterocycles. The molecule has 1 fully saturated rings. The molecule has 0 atom stereocenters. The van der Waals surface area contributed by atoms with Gasteiger partial charge in [0.2, 0.25) is 5.91 Å². The minimum Gasteiger partial charge on any atom is -0.341 e. The number of hydrogen-bond acceptors (Lipinski definition) is 3. The number of benzene rings is 1. The number of halogens is 1. The average molecular weight is 358 g/mol. The topological polar surface area (TPSA) is 53.5 Å². The van der Waals surface area contributed by atoms with E-state index in [-0.39, 0.29) is 18.2 Å². The van der Waals surface area contributed by atoms with E-state index in [4.69, 9.17) is 11.6 Å². The van der Waals surface area contributed by atoms with Crippen molar-refractivity contribution < 1.29 is 9.59 Å². The second kappa shape index (κ2) is 8.12. The fraction of sp³-hybridized carbons (Fsp3) is 0.316. The maximum atomic E-state index is 12.6. The molecule has 1 aromatic heterocycles. The molecule has 25 heavy (non-hydrogen) atoms. The molecule has 0 bridgehead atoms. The van der Waals surface area contributed by atoms with Gasteiger partial charge in [-0.05, 0) is 30.2 Å². The number of rotatable bonds is 3. The summed E-state index contributed by atoms with van der Waals surface area (Å²) in [6.45, 7) is 2.36. The highest BCUT2D eigenvalue weighted by Crippen LogP contribution is 2.17. The Morgan fingerprint density at radius 2 is 1.76 bits per heavy atom. The van der Waals surface area contributed by atoms with Gasteiger partial charge in [0.1, 0.15) is 0 Å². The van der Waals surface area contributed by atoms with Gasteiger partial charge in [0.25, 0.3) is 5.91 Å². The van der Waals surface area contributed by atoms with Crippen molar-refractivity contribution >= 4 is 23.4 Å². The van der Waals surface area contributed by atoms with E-state index in [1.54, 1.807) is 35.5 Å². The summed E-state index contributed by atoms with van der Waals surface area (Å²) >= 11 is 6.14. The molecular formula is C19H20ClN3O2.